The number of aromatic nitrogens is 2. The van der Waals surface area contributed by atoms with E-state index in [1.54, 1.807) is 24.3 Å². The Balaban J connectivity index is 0.000000980. The highest BCUT2D eigenvalue weighted by molar-refractivity contribution is 6.30. The van der Waals surface area contributed by atoms with Gasteiger partial charge in [-0.05, 0) is 12.1 Å². The summed E-state index contributed by atoms with van der Waals surface area (Å²) in [7, 11) is 0. The van der Waals surface area contributed by atoms with Crippen molar-refractivity contribution in [2.75, 3.05) is 0 Å². The van der Waals surface area contributed by atoms with Crippen LogP contribution < -0.4 is 21.7 Å². The van der Waals surface area contributed by atoms with Crippen molar-refractivity contribution in [2.24, 2.45) is 0 Å². The molecule has 0 unspecified atom stereocenters. The molecule has 1 heterocycles. The van der Waals surface area contributed by atoms with Gasteiger partial charge in [0.1, 0.15) is 0 Å². The predicted molar refractivity (Wildman–Crippen MR) is 47.0 cm³/mol. The van der Waals surface area contributed by atoms with E-state index in [4.69, 9.17) is 11.6 Å². The number of rotatable bonds is 1. The highest BCUT2D eigenvalue weighted by Crippen LogP contribution is 2.08. The zero-order valence-corrected chi connectivity index (χ0v) is 7.68. The van der Waals surface area contributed by atoms with Crippen molar-refractivity contribution in [3.05, 3.63) is 45.9 Å². The molecule has 71 valence electrons. The van der Waals surface area contributed by atoms with Gasteiger partial charge in [-0.25, -0.2) is 14.7 Å². The van der Waals surface area contributed by atoms with E-state index in [1.165, 1.54) is 10.9 Å². The third kappa shape index (κ3) is 2.01. The van der Waals surface area contributed by atoms with Gasteiger partial charge in [-0.1, -0.05) is 11.6 Å². The topological polar surface area (TPSA) is 78.7 Å². The Morgan fingerprint density at radius 3 is 2.43 bits per heavy atom. The van der Waals surface area contributed by atoms with Gasteiger partial charge in [0.15, 0.2) is 0 Å². The first-order chi connectivity index (χ1) is 6.25. The molecule has 6 heteroatoms. The molecule has 14 heavy (non-hydrogen) atoms. The highest BCUT2D eigenvalue weighted by Gasteiger charge is 2.02. The molecular weight excluding hydrogens is 206 g/mol. The average Bonchev–Trinajstić information content (AvgIpc) is 2.53. The van der Waals surface area contributed by atoms with Crippen LogP contribution in [0.2, 0.25) is 5.02 Å². The molecule has 0 saturated heterocycles. The van der Waals surface area contributed by atoms with Crippen LogP contribution >= 0.6 is 11.6 Å². The minimum Gasteiger partial charge on any atom is -0.471 e. The van der Waals surface area contributed by atoms with Crippen molar-refractivity contribution in [3.63, 3.8) is 0 Å². The van der Waals surface area contributed by atoms with Gasteiger partial charge in [0.2, 0.25) is 5.69 Å². The van der Waals surface area contributed by atoms with Gasteiger partial charge in [-0.15, -0.1) is 0 Å². The van der Waals surface area contributed by atoms with Crippen LogP contribution in [-0.4, -0.2) is 0 Å². The zero-order chi connectivity index (χ0) is 9.26. The molecule has 0 aliphatic heterocycles. The molecule has 0 fully saturated rings. The Bertz CT molecular complexity index is 460. The summed E-state index contributed by atoms with van der Waals surface area (Å²) in [6.45, 7) is 0. The van der Waals surface area contributed by atoms with Crippen LogP contribution in [0.1, 0.15) is 0 Å². The minimum absolute atomic E-state index is 0. The van der Waals surface area contributed by atoms with Gasteiger partial charge >= 0.3 is 5.63 Å². The van der Waals surface area contributed by atoms with Crippen LogP contribution in [0.25, 0.3) is 5.69 Å². The molecule has 0 atom stereocenters. The van der Waals surface area contributed by atoms with Crippen molar-refractivity contribution in [2.45, 2.75) is 0 Å². The van der Waals surface area contributed by atoms with Gasteiger partial charge < -0.3 is 4.52 Å². The summed E-state index contributed by atoms with van der Waals surface area (Å²) in [5.74, 6) is 0. The molecule has 0 aliphatic rings. The lowest BCUT2D eigenvalue weighted by molar-refractivity contribution is -0.676. The summed E-state index contributed by atoms with van der Waals surface area (Å²) < 4.78 is 5.72. The molecule has 3 radical (unpaired) electrons. The maximum absolute atomic E-state index is 10.7. The number of nitrogens with zero attached hydrogens (tertiary/aromatic N) is 3. The first kappa shape index (κ1) is 10.5. The van der Waals surface area contributed by atoms with Crippen LogP contribution in [0.5, 0.6) is 0 Å². The van der Waals surface area contributed by atoms with Crippen LogP contribution in [0.3, 0.4) is 0 Å². The Morgan fingerprint density at radius 1 is 1.29 bits per heavy atom. The lowest BCUT2D eigenvalue weighted by atomic mass is 10.3. The number of hydrogen-bond donors (Lipinski definition) is 0. The van der Waals surface area contributed by atoms with E-state index in [-0.39, 0.29) is 6.15 Å². The summed E-state index contributed by atoms with van der Waals surface area (Å²) in [6.07, 6.45) is 1.25. The van der Waals surface area contributed by atoms with Gasteiger partial charge in [-0.2, -0.15) is 0 Å². The van der Waals surface area contributed by atoms with Crippen molar-refractivity contribution >= 4 is 11.6 Å². The smallest absolute Gasteiger partial charge is 0.389 e. The van der Waals surface area contributed by atoms with Crippen molar-refractivity contribution in [3.8, 4) is 5.69 Å². The fourth-order valence-corrected chi connectivity index (χ4v) is 1.07. The highest BCUT2D eigenvalue weighted by atomic mass is 35.5. The van der Waals surface area contributed by atoms with E-state index in [2.05, 4.69) is 9.79 Å². The molecule has 2 aromatic rings. The Hall–Kier alpha value is -1.59. The fourth-order valence-electron chi connectivity index (χ4n) is 0.947. The third-order valence-corrected chi connectivity index (χ3v) is 1.79. The van der Waals surface area contributed by atoms with Crippen molar-refractivity contribution in [1.82, 2.24) is 11.4 Å². The quantitative estimate of drug-likeness (QED) is 0.624. The number of benzene rings is 1. The Labute approximate surface area is 84.5 Å². The van der Waals surface area contributed by atoms with Gasteiger partial charge in [-0.3, -0.25) is 0 Å². The molecular formula is C8H5ClN3O2. The van der Waals surface area contributed by atoms with Gasteiger partial charge in [0.25, 0.3) is 6.20 Å². The number of hydrogen-bond acceptors (Lipinski definition) is 2. The molecule has 5 nitrogen and oxygen atoms in total. The molecule has 0 spiro atoms. The second-order valence-electron chi connectivity index (χ2n) is 2.44. The molecule has 0 bridgehead atoms. The van der Waals surface area contributed by atoms with Gasteiger partial charge in [0.05, 0.1) is 0 Å². The molecule has 2 rings (SSSR count). The molecule has 1 aromatic carbocycles. The first-order valence-corrected chi connectivity index (χ1v) is 3.95. The Kier molecular flexibility index (Phi) is 3.06. The summed E-state index contributed by atoms with van der Waals surface area (Å²) in [5.41, 5.74) is 0.255. The van der Waals surface area contributed by atoms with Crippen LogP contribution in [0, 0.1) is 0 Å². The largest absolute Gasteiger partial charge is 0.471 e. The molecule has 1 aromatic heterocycles. The summed E-state index contributed by atoms with van der Waals surface area (Å²) >= 11 is 5.69. The SMILES string of the molecule is O=c1c[n+](-c2ccc(Cl)cc2)[n-]o1.[N]. The zero-order valence-electron chi connectivity index (χ0n) is 6.92. The van der Waals surface area contributed by atoms with Gasteiger partial charge in [0, 0.05) is 23.3 Å². The maximum Gasteiger partial charge on any atom is 0.389 e. The molecule has 0 saturated carbocycles. The summed E-state index contributed by atoms with van der Waals surface area (Å²) in [5, 5.41) is 4.14. The Morgan fingerprint density at radius 2 is 1.93 bits per heavy atom. The van der Waals surface area contributed by atoms with E-state index < -0.39 is 5.63 Å². The first-order valence-electron chi connectivity index (χ1n) is 3.57. The maximum atomic E-state index is 10.7. The van der Waals surface area contributed by atoms with E-state index in [0.29, 0.717) is 5.02 Å². The van der Waals surface area contributed by atoms with Crippen LogP contribution in [-0.2, 0) is 0 Å². The van der Waals surface area contributed by atoms with E-state index in [1.807, 2.05) is 0 Å². The standard InChI is InChI=1S/C8H5ClN2O2.N/c9-6-1-3-7(4-2-6)11-5-8(12)13-10-11;/h1-5H;. The normalized spacial score (nSPS) is 9.50. The minimum atomic E-state index is -0.477. The monoisotopic (exact) mass is 210 g/mol. The van der Waals surface area contributed by atoms with E-state index in [9.17, 15) is 4.79 Å². The number of halogens is 1. The molecule has 0 N–H and O–H groups in total. The average molecular weight is 211 g/mol. The lowest BCUT2D eigenvalue weighted by Gasteiger charge is -1.94. The summed E-state index contributed by atoms with van der Waals surface area (Å²) in [6, 6.07) is 6.90. The second-order valence-corrected chi connectivity index (χ2v) is 2.88. The fraction of sp³-hybridized carbons (Fsp3) is 0. The lowest BCUT2D eigenvalue weighted by Crippen LogP contribution is -2.33. The van der Waals surface area contributed by atoms with E-state index in [0.717, 1.165) is 5.69 Å². The third-order valence-electron chi connectivity index (χ3n) is 1.54. The molecule has 0 amide bonds. The summed E-state index contributed by atoms with van der Waals surface area (Å²) in [4.78, 5) is 10.7. The van der Waals surface area contributed by atoms with E-state index >= 15 is 0 Å². The second kappa shape index (κ2) is 4.08. The van der Waals surface area contributed by atoms with Crippen molar-refractivity contribution < 1.29 is 9.20 Å². The van der Waals surface area contributed by atoms with Crippen molar-refractivity contribution in [1.29, 1.82) is 0 Å². The van der Waals surface area contributed by atoms with Crippen LogP contribution in [0.15, 0.2) is 39.8 Å². The van der Waals surface area contributed by atoms with Crippen LogP contribution in [0.4, 0.5) is 0 Å². The predicted octanol–water partition coefficient (Wildman–Crippen LogP) is 0.0465. The molecule has 0 aliphatic carbocycles.